The monoisotopic (exact) mass is 304 g/mol. The molecule has 1 heterocycles. The maximum Gasteiger partial charge on any atom is 0.140 e. The highest BCUT2D eigenvalue weighted by molar-refractivity contribution is 9.10. The van der Waals surface area contributed by atoms with Gasteiger partial charge in [0.2, 0.25) is 0 Å². The zero-order chi connectivity index (χ0) is 12.3. The SMILES string of the molecule is Fc1cc(F)c(CCN2CCNCC2)cc1Br. The number of nitrogens with one attached hydrogen (secondary N) is 1. The number of rotatable bonds is 3. The van der Waals surface area contributed by atoms with Crippen LogP contribution in [0, 0.1) is 11.6 Å². The van der Waals surface area contributed by atoms with E-state index in [0.717, 1.165) is 38.8 Å². The predicted molar refractivity (Wildman–Crippen MR) is 67.1 cm³/mol. The highest BCUT2D eigenvalue weighted by Gasteiger charge is 2.12. The van der Waals surface area contributed by atoms with Crippen LogP contribution in [0.15, 0.2) is 16.6 Å². The maximum absolute atomic E-state index is 13.5. The Kier molecular flexibility index (Phi) is 4.48. The minimum Gasteiger partial charge on any atom is -0.314 e. The molecule has 0 aromatic heterocycles. The van der Waals surface area contributed by atoms with Crippen molar-refractivity contribution >= 4 is 15.9 Å². The summed E-state index contributed by atoms with van der Waals surface area (Å²) in [5.41, 5.74) is 0.566. The minimum absolute atomic E-state index is 0.328. The third-order valence-electron chi connectivity index (χ3n) is 3.00. The predicted octanol–water partition coefficient (Wildman–Crippen LogP) is 2.17. The van der Waals surface area contributed by atoms with Gasteiger partial charge in [0.25, 0.3) is 0 Å². The molecule has 2 nitrogen and oxygen atoms in total. The molecule has 17 heavy (non-hydrogen) atoms. The number of halogens is 3. The summed E-state index contributed by atoms with van der Waals surface area (Å²) in [6.45, 7) is 4.76. The summed E-state index contributed by atoms with van der Waals surface area (Å²) < 4.78 is 26.9. The summed E-state index contributed by atoms with van der Waals surface area (Å²) in [5, 5.41) is 3.27. The van der Waals surface area contributed by atoms with Crippen molar-refractivity contribution in [3.05, 3.63) is 33.8 Å². The lowest BCUT2D eigenvalue weighted by atomic mass is 10.1. The van der Waals surface area contributed by atoms with E-state index in [4.69, 9.17) is 0 Å². The topological polar surface area (TPSA) is 15.3 Å². The van der Waals surface area contributed by atoms with Crippen molar-refractivity contribution in [3.63, 3.8) is 0 Å². The normalized spacial score (nSPS) is 17.4. The van der Waals surface area contributed by atoms with E-state index in [1.54, 1.807) is 0 Å². The molecule has 2 rings (SSSR count). The maximum atomic E-state index is 13.5. The number of piperazine rings is 1. The molecule has 0 unspecified atom stereocenters. The van der Waals surface area contributed by atoms with E-state index in [1.165, 1.54) is 6.07 Å². The van der Waals surface area contributed by atoms with Crippen molar-refractivity contribution in [1.82, 2.24) is 10.2 Å². The van der Waals surface area contributed by atoms with Gasteiger partial charge in [0, 0.05) is 38.8 Å². The molecule has 0 atom stereocenters. The van der Waals surface area contributed by atoms with Gasteiger partial charge in [-0.05, 0) is 34.0 Å². The molecule has 5 heteroatoms. The van der Waals surface area contributed by atoms with Crippen LogP contribution in [0.25, 0.3) is 0 Å². The van der Waals surface area contributed by atoms with Crippen molar-refractivity contribution in [2.75, 3.05) is 32.7 Å². The molecule has 1 aliphatic heterocycles. The second kappa shape index (κ2) is 5.89. The van der Waals surface area contributed by atoms with Crippen LogP contribution in [0.5, 0.6) is 0 Å². The summed E-state index contributed by atoms with van der Waals surface area (Å²) in [6, 6.07) is 2.48. The molecular formula is C12H15BrF2N2. The molecule has 0 radical (unpaired) electrons. The van der Waals surface area contributed by atoms with Gasteiger partial charge in [-0.15, -0.1) is 0 Å². The van der Waals surface area contributed by atoms with Gasteiger partial charge in [-0.2, -0.15) is 0 Å². The van der Waals surface area contributed by atoms with Crippen LogP contribution >= 0.6 is 15.9 Å². The van der Waals surface area contributed by atoms with E-state index in [9.17, 15) is 8.78 Å². The molecule has 0 aliphatic carbocycles. The quantitative estimate of drug-likeness (QED) is 0.861. The molecule has 1 aromatic rings. The average molecular weight is 305 g/mol. The van der Waals surface area contributed by atoms with Gasteiger partial charge in [-0.3, -0.25) is 0 Å². The van der Waals surface area contributed by atoms with Crippen molar-refractivity contribution < 1.29 is 8.78 Å². The smallest absolute Gasteiger partial charge is 0.140 e. The van der Waals surface area contributed by atoms with E-state index in [0.29, 0.717) is 16.5 Å². The molecule has 0 saturated carbocycles. The van der Waals surface area contributed by atoms with Crippen molar-refractivity contribution in [2.24, 2.45) is 0 Å². The van der Waals surface area contributed by atoms with E-state index in [2.05, 4.69) is 26.1 Å². The first-order valence-electron chi connectivity index (χ1n) is 5.73. The molecule has 1 saturated heterocycles. The van der Waals surface area contributed by atoms with Crippen LogP contribution in [0.2, 0.25) is 0 Å². The molecular weight excluding hydrogens is 290 g/mol. The number of hydrogen-bond donors (Lipinski definition) is 1. The standard InChI is InChI=1S/C12H15BrF2N2/c13-10-7-9(11(14)8-12(10)15)1-4-17-5-2-16-3-6-17/h7-8,16H,1-6H2. The zero-order valence-corrected chi connectivity index (χ0v) is 11.1. The van der Waals surface area contributed by atoms with E-state index in [-0.39, 0.29) is 0 Å². The van der Waals surface area contributed by atoms with E-state index >= 15 is 0 Å². The number of benzene rings is 1. The van der Waals surface area contributed by atoms with Gasteiger partial charge in [0.1, 0.15) is 11.6 Å². The Labute approximate surface area is 108 Å². The summed E-state index contributed by atoms with van der Waals surface area (Å²) in [5.74, 6) is -1.01. The second-order valence-electron chi connectivity index (χ2n) is 4.20. The molecule has 0 spiro atoms. The Bertz CT molecular complexity index is 392. The number of nitrogens with zero attached hydrogens (tertiary/aromatic N) is 1. The highest BCUT2D eigenvalue weighted by Crippen LogP contribution is 2.20. The fourth-order valence-corrected chi connectivity index (χ4v) is 2.36. The van der Waals surface area contributed by atoms with Crippen molar-refractivity contribution in [3.8, 4) is 0 Å². The fourth-order valence-electron chi connectivity index (χ4n) is 1.97. The molecule has 1 aliphatic rings. The van der Waals surface area contributed by atoms with Crippen molar-refractivity contribution in [2.45, 2.75) is 6.42 Å². The van der Waals surface area contributed by atoms with Gasteiger partial charge in [0.15, 0.2) is 0 Å². The Morgan fingerprint density at radius 2 is 1.88 bits per heavy atom. The molecule has 0 amide bonds. The third-order valence-corrected chi connectivity index (χ3v) is 3.60. The van der Waals surface area contributed by atoms with Gasteiger partial charge < -0.3 is 10.2 Å². The van der Waals surface area contributed by atoms with E-state index in [1.807, 2.05) is 0 Å². The largest absolute Gasteiger partial charge is 0.314 e. The van der Waals surface area contributed by atoms with Crippen LogP contribution in [0.1, 0.15) is 5.56 Å². The van der Waals surface area contributed by atoms with Crippen LogP contribution < -0.4 is 5.32 Å². The van der Waals surface area contributed by atoms with Gasteiger partial charge in [-0.1, -0.05) is 0 Å². The highest BCUT2D eigenvalue weighted by atomic mass is 79.9. The lowest BCUT2D eigenvalue weighted by Gasteiger charge is -2.27. The molecule has 1 aromatic carbocycles. The van der Waals surface area contributed by atoms with Crippen LogP contribution in [-0.4, -0.2) is 37.6 Å². The Hall–Kier alpha value is -0.520. The molecule has 1 fully saturated rings. The fraction of sp³-hybridized carbons (Fsp3) is 0.500. The van der Waals surface area contributed by atoms with Gasteiger partial charge >= 0.3 is 0 Å². The molecule has 0 bridgehead atoms. The van der Waals surface area contributed by atoms with Crippen LogP contribution in [0.3, 0.4) is 0 Å². The van der Waals surface area contributed by atoms with Crippen molar-refractivity contribution in [1.29, 1.82) is 0 Å². The zero-order valence-electron chi connectivity index (χ0n) is 9.48. The Balaban J connectivity index is 1.96. The lowest BCUT2D eigenvalue weighted by Crippen LogP contribution is -2.44. The second-order valence-corrected chi connectivity index (χ2v) is 5.05. The lowest BCUT2D eigenvalue weighted by molar-refractivity contribution is 0.243. The minimum atomic E-state index is -0.548. The summed E-state index contributed by atoms with van der Waals surface area (Å²) in [6.07, 6.45) is 0.616. The first kappa shape index (κ1) is 12.9. The summed E-state index contributed by atoms with van der Waals surface area (Å²) >= 11 is 3.08. The average Bonchev–Trinajstić information content (AvgIpc) is 2.33. The summed E-state index contributed by atoms with van der Waals surface area (Å²) in [4.78, 5) is 2.28. The first-order chi connectivity index (χ1) is 8.16. The van der Waals surface area contributed by atoms with E-state index < -0.39 is 11.6 Å². The van der Waals surface area contributed by atoms with Gasteiger partial charge in [0.05, 0.1) is 4.47 Å². The first-order valence-corrected chi connectivity index (χ1v) is 6.52. The van der Waals surface area contributed by atoms with Crippen LogP contribution in [0.4, 0.5) is 8.78 Å². The Morgan fingerprint density at radius 3 is 2.59 bits per heavy atom. The Morgan fingerprint density at radius 1 is 1.18 bits per heavy atom. The van der Waals surface area contributed by atoms with Crippen LogP contribution in [-0.2, 0) is 6.42 Å². The molecule has 1 N–H and O–H groups in total. The third kappa shape index (κ3) is 3.47. The number of hydrogen-bond acceptors (Lipinski definition) is 2. The molecule has 94 valence electrons. The summed E-state index contributed by atoms with van der Waals surface area (Å²) in [7, 11) is 0. The van der Waals surface area contributed by atoms with Gasteiger partial charge in [-0.25, -0.2) is 8.78 Å².